The fourth-order valence-corrected chi connectivity index (χ4v) is 3.60. The maximum atomic E-state index is 9.67. The largest absolute Gasteiger partial charge is 0.330 e. The summed E-state index contributed by atoms with van der Waals surface area (Å²) in [7, 11) is -1.77. The van der Waals surface area contributed by atoms with E-state index in [1.165, 1.54) is 10.8 Å². The van der Waals surface area contributed by atoms with Gasteiger partial charge in [-0.1, -0.05) is 56.3 Å². The molecular formula is C15H17O3P. The molecule has 0 aromatic heterocycles. The van der Waals surface area contributed by atoms with E-state index in [1.54, 1.807) is 0 Å². The Bertz CT molecular complexity index is 591. The second-order valence-corrected chi connectivity index (χ2v) is 6.50. The average Bonchev–Trinajstić information content (AvgIpc) is 2.41. The van der Waals surface area contributed by atoms with Crippen molar-refractivity contribution in [2.24, 2.45) is 5.41 Å². The molecule has 2 unspecified atom stereocenters. The van der Waals surface area contributed by atoms with Crippen LogP contribution in [0.1, 0.15) is 25.5 Å². The van der Waals surface area contributed by atoms with Crippen molar-refractivity contribution in [1.29, 1.82) is 0 Å². The van der Waals surface area contributed by atoms with Gasteiger partial charge >= 0.3 is 8.60 Å². The second-order valence-electron chi connectivity index (χ2n) is 5.55. The quantitative estimate of drug-likeness (QED) is 0.794. The summed E-state index contributed by atoms with van der Waals surface area (Å²) in [6.45, 7) is 4.70. The highest BCUT2D eigenvalue weighted by Gasteiger charge is 2.40. The summed E-state index contributed by atoms with van der Waals surface area (Å²) in [4.78, 5) is 9.67. The molecule has 0 radical (unpaired) electrons. The molecule has 1 saturated heterocycles. The molecule has 19 heavy (non-hydrogen) atoms. The standard InChI is InChI=1S/C15H17O3P/c1-15(2)10-17-19(16)18-14(15)13-9-5-7-11-6-3-4-8-12(11)13/h3-9,14,16H,10H2,1-2H3. The Kier molecular flexibility index (Phi) is 3.32. The van der Waals surface area contributed by atoms with Crippen molar-refractivity contribution in [1.82, 2.24) is 0 Å². The average molecular weight is 276 g/mol. The van der Waals surface area contributed by atoms with Crippen molar-refractivity contribution in [2.45, 2.75) is 20.0 Å². The Morgan fingerprint density at radius 1 is 1.16 bits per heavy atom. The van der Waals surface area contributed by atoms with Gasteiger partial charge in [-0.2, -0.15) is 0 Å². The molecule has 1 fully saturated rings. The summed E-state index contributed by atoms with van der Waals surface area (Å²) in [5, 5.41) is 2.36. The van der Waals surface area contributed by atoms with E-state index in [4.69, 9.17) is 9.05 Å². The van der Waals surface area contributed by atoms with Crippen molar-refractivity contribution in [3.8, 4) is 0 Å². The lowest BCUT2D eigenvalue weighted by Crippen LogP contribution is -2.32. The van der Waals surface area contributed by atoms with Gasteiger partial charge in [0.15, 0.2) is 0 Å². The zero-order chi connectivity index (χ0) is 13.5. The highest BCUT2D eigenvalue weighted by molar-refractivity contribution is 7.40. The molecule has 3 rings (SSSR count). The Hall–Kier alpha value is -0.990. The Morgan fingerprint density at radius 3 is 2.74 bits per heavy atom. The van der Waals surface area contributed by atoms with Crippen LogP contribution in [0.5, 0.6) is 0 Å². The third-order valence-corrected chi connectivity index (χ3v) is 4.30. The van der Waals surface area contributed by atoms with Gasteiger partial charge in [0.05, 0.1) is 12.7 Å². The van der Waals surface area contributed by atoms with Gasteiger partial charge < -0.3 is 13.9 Å². The number of fused-ring (bicyclic) bond motifs is 1. The predicted octanol–water partition coefficient (Wildman–Crippen LogP) is 4.17. The van der Waals surface area contributed by atoms with Crippen molar-refractivity contribution >= 4 is 19.4 Å². The molecule has 2 aromatic carbocycles. The lowest BCUT2D eigenvalue weighted by Gasteiger charge is -2.39. The van der Waals surface area contributed by atoms with E-state index in [0.29, 0.717) is 6.61 Å². The van der Waals surface area contributed by atoms with E-state index in [1.807, 2.05) is 18.2 Å². The summed E-state index contributed by atoms with van der Waals surface area (Å²) in [6.07, 6.45) is -0.150. The minimum Gasteiger partial charge on any atom is -0.328 e. The van der Waals surface area contributed by atoms with Gasteiger partial charge in [-0.25, -0.2) is 0 Å². The Labute approximate surface area is 114 Å². The summed E-state index contributed by atoms with van der Waals surface area (Å²) >= 11 is 0. The fourth-order valence-electron chi connectivity index (χ4n) is 2.52. The number of hydrogen-bond acceptors (Lipinski definition) is 3. The molecule has 4 heteroatoms. The number of benzene rings is 2. The Morgan fingerprint density at radius 2 is 1.89 bits per heavy atom. The van der Waals surface area contributed by atoms with Gasteiger partial charge in [-0.05, 0) is 16.3 Å². The maximum absolute atomic E-state index is 9.67. The second kappa shape index (κ2) is 4.84. The lowest BCUT2D eigenvalue weighted by molar-refractivity contribution is -0.0269. The van der Waals surface area contributed by atoms with E-state index in [9.17, 15) is 4.89 Å². The molecule has 0 saturated carbocycles. The van der Waals surface area contributed by atoms with E-state index in [2.05, 4.69) is 38.1 Å². The Balaban J connectivity index is 2.12. The topological polar surface area (TPSA) is 38.7 Å². The molecule has 1 heterocycles. The van der Waals surface area contributed by atoms with Crippen LogP contribution >= 0.6 is 8.60 Å². The first-order chi connectivity index (χ1) is 9.08. The zero-order valence-corrected chi connectivity index (χ0v) is 11.9. The van der Waals surface area contributed by atoms with Crippen LogP contribution < -0.4 is 0 Å². The van der Waals surface area contributed by atoms with Crippen molar-refractivity contribution in [3.05, 3.63) is 48.0 Å². The molecule has 100 valence electrons. The molecular weight excluding hydrogens is 259 g/mol. The van der Waals surface area contributed by atoms with Crippen LogP contribution in [0.15, 0.2) is 42.5 Å². The normalized spacial score (nSPS) is 26.5. The predicted molar refractivity (Wildman–Crippen MR) is 76.6 cm³/mol. The van der Waals surface area contributed by atoms with E-state index in [0.717, 1.165) is 5.56 Å². The first-order valence-electron chi connectivity index (χ1n) is 6.34. The molecule has 0 bridgehead atoms. The molecule has 2 atom stereocenters. The smallest absolute Gasteiger partial charge is 0.328 e. The minimum atomic E-state index is -1.77. The van der Waals surface area contributed by atoms with Crippen LogP contribution in [0.25, 0.3) is 10.8 Å². The van der Waals surface area contributed by atoms with Gasteiger partial charge in [0, 0.05) is 5.41 Å². The first kappa shape index (κ1) is 13.0. The first-order valence-corrected chi connectivity index (χ1v) is 7.47. The van der Waals surface area contributed by atoms with Gasteiger partial charge in [0.1, 0.15) is 0 Å². The molecule has 1 aliphatic heterocycles. The van der Waals surface area contributed by atoms with Gasteiger partial charge in [0.2, 0.25) is 0 Å². The van der Waals surface area contributed by atoms with Crippen LogP contribution in [0, 0.1) is 5.41 Å². The van der Waals surface area contributed by atoms with Crippen molar-refractivity contribution < 1.29 is 13.9 Å². The van der Waals surface area contributed by atoms with Crippen LogP contribution in [-0.4, -0.2) is 11.5 Å². The molecule has 0 amide bonds. The summed E-state index contributed by atoms with van der Waals surface area (Å²) in [5.74, 6) is 0. The third-order valence-electron chi connectivity index (χ3n) is 3.56. The zero-order valence-electron chi connectivity index (χ0n) is 11.0. The maximum Gasteiger partial charge on any atom is 0.330 e. The van der Waals surface area contributed by atoms with Gasteiger partial charge in [-0.15, -0.1) is 0 Å². The SMILES string of the molecule is CC1(C)COP(O)OC1c1cccc2ccccc12. The lowest BCUT2D eigenvalue weighted by atomic mass is 9.82. The molecule has 1 aliphatic rings. The minimum absolute atomic E-state index is 0.150. The highest BCUT2D eigenvalue weighted by atomic mass is 31.2. The molecule has 1 N–H and O–H groups in total. The molecule has 2 aromatic rings. The molecule has 0 spiro atoms. The van der Waals surface area contributed by atoms with Crippen molar-refractivity contribution in [2.75, 3.05) is 6.61 Å². The van der Waals surface area contributed by atoms with Crippen molar-refractivity contribution in [3.63, 3.8) is 0 Å². The highest BCUT2D eigenvalue weighted by Crippen LogP contribution is 2.53. The van der Waals surface area contributed by atoms with E-state index < -0.39 is 8.60 Å². The fraction of sp³-hybridized carbons (Fsp3) is 0.333. The van der Waals surface area contributed by atoms with E-state index >= 15 is 0 Å². The molecule has 3 nitrogen and oxygen atoms in total. The van der Waals surface area contributed by atoms with Crippen LogP contribution in [-0.2, 0) is 9.05 Å². The monoisotopic (exact) mass is 276 g/mol. The molecule has 0 aliphatic carbocycles. The van der Waals surface area contributed by atoms with Crippen LogP contribution in [0.2, 0.25) is 0 Å². The van der Waals surface area contributed by atoms with Crippen LogP contribution in [0.4, 0.5) is 0 Å². The summed E-state index contributed by atoms with van der Waals surface area (Å²) in [6, 6.07) is 14.4. The van der Waals surface area contributed by atoms with Gasteiger partial charge in [-0.3, -0.25) is 0 Å². The summed E-state index contributed by atoms with van der Waals surface area (Å²) in [5.41, 5.74) is 0.957. The third kappa shape index (κ3) is 2.39. The number of hydrogen-bond donors (Lipinski definition) is 1. The summed E-state index contributed by atoms with van der Waals surface area (Å²) < 4.78 is 10.9. The van der Waals surface area contributed by atoms with E-state index in [-0.39, 0.29) is 11.5 Å². The van der Waals surface area contributed by atoms with Crippen LogP contribution in [0.3, 0.4) is 0 Å². The number of rotatable bonds is 1. The van der Waals surface area contributed by atoms with Gasteiger partial charge in [0.25, 0.3) is 0 Å².